The molecule has 0 aromatic heterocycles. The average molecular weight is 206 g/mol. The molecule has 0 spiro atoms. The van der Waals surface area contributed by atoms with Crippen LogP contribution >= 0.6 is 0 Å². The van der Waals surface area contributed by atoms with Crippen LogP contribution in [0.2, 0.25) is 0 Å². The van der Waals surface area contributed by atoms with Gasteiger partial charge < -0.3 is 4.74 Å². The van der Waals surface area contributed by atoms with Crippen molar-refractivity contribution in [3.8, 4) is 5.75 Å². The Morgan fingerprint density at radius 1 is 1.29 bits per heavy atom. The van der Waals surface area contributed by atoms with Crippen molar-refractivity contribution >= 4 is 6.08 Å². The Labute approximate surface area is 77.6 Å². The highest BCUT2D eigenvalue weighted by atomic mass is 19.4. The van der Waals surface area contributed by atoms with E-state index in [0.717, 1.165) is 24.3 Å². The molecule has 0 atom stereocenters. The summed E-state index contributed by atoms with van der Waals surface area (Å²) in [5.74, 6) is -1.11. The van der Waals surface area contributed by atoms with Gasteiger partial charge in [0.2, 0.25) is 0 Å². The second kappa shape index (κ2) is 3.69. The number of benzene rings is 1. The third-order valence-corrected chi connectivity index (χ3v) is 1.42. The van der Waals surface area contributed by atoms with Gasteiger partial charge in [-0.2, -0.15) is 0 Å². The van der Waals surface area contributed by atoms with Crippen molar-refractivity contribution in [1.29, 1.82) is 0 Å². The fraction of sp³-hybridized carbons (Fsp3) is 0.111. The first-order chi connectivity index (χ1) is 6.42. The molecule has 0 saturated heterocycles. The fourth-order valence-corrected chi connectivity index (χ4v) is 0.875. The molecule has 0 radical (unpaired) electrons. The Bertz CT molecular complexity index is 343. The maximum Gasteiger partial charge on any atom is 0.573 e. The zero-order valence-corrected chi connectivity index (χ0v) is 6.94. The molecule has 14 heavy (non-hydrogen) atoms. The predicted molar refractivity (Wildman–Crippen MR) is 43.2 cm³/mol. The van der Waals surface area contributed by atoms with Gasteiger partial charge in [0.1, 0.15) is 11.6 Å². The summed E-state index contributed by atoms with van der Waals surface area (Å²) in [5, 5.41) is 0. The number of ether oxygens (including phenoxy) is 1. The molecule has 0 bridgehead atoms. The van der Waals surface area contributed by atoms with Crippen molar-refractivity contribution in [2.45, 2.75) is 6.36 Å². The smallest absolute Gasteiger partial charge is 0.406 e. The third kappa shape index (κ3) is 2.76. The van der Waals surface area contributed by atoms with Gasteiger partial charge in [0, 0.05) is 5.56 Å². The highest BCUT2D eigenvalue weighted by Gasteiger charge is 2.31. The van der Waals surface area contributed by atoms with Crippen molar-refractivity contribution in [3.63, 3.8) is 0 Å². The zero-order valence-electron chi connectivity index (χ0n) is 6.94. The van der Waals surface area contributed by atoms with Gasteiger partial charge in [-0.15, -0.1) is 13.2 Å². The molecular weight excluding hydrogens is 200 g/mol. The Balaban J connectivity index is 2.95. The lowest BCUT2D eigenvalue weighted by Crippen LogP contribution is -2.17. The quantitative estimate of drug-likeness (QED) is 0.674. The summed E-state index contributed by atoms with van der Waals surface area (Å²) < 4.78 is 51.6. The molecule has 0 fully saturated rings. The molecular formula is C9H6F4O. The highest BCUT2D eigenvalue weighted by Crippen LogP contribution is 2.24. The molecule has 0 N–H and O–H groups in total. The van der Waals surface area contributed by atoms with Crippen molar-refractivity contribution in [2.75, 3.05) is 0 Å². The summed E-state index contributed by atoms with van der Waals surface area (Å²) in [5.41, 5.74) is -0.0354. The average Bonchev–Trinajstić information content (AvgIpc) is 2.06. The number of alkyl halides is 3. The standard InChI is InChI=1S/C9H6F4O/c1-2-6-5-7(3-4-8(6)10)14-9(11,12)13/h2-5H,1H2. The lowest BCUT2D eigenvalue weighted by molar-refractivity contribution is -0.274. The topological polar surface area (TPSA) is 9.23 Å². The molecule has 0 aliphatic carbocycles. The van der Waals surface area contributed by atoms with Gasteiger partial charge in [0.15, 0.2) is 0 Å². The van der Waals surface area contributed by atoms with Crippen molar-refractivity contribution in [2.24, 2.45) is 0 Å². The molecule has 0 saturated carbocycles. The normalized spacial score (nSPS) is 11.1. The van der Waals surface area contributed by atoms with E-state index in [1.165, 1.54) is 0 Å². The number of halogens is 4. The number of hydrogen-bond acceptors (Lipinski definition) is 1. The van der Waals surface area contributed by atoms with Crippen LogP contribution in [0.3, 0.4) is 0 Å². The predicted octanol–water partition coefficient (Wildman–Crippen LogP) is 3.37. The maximum atomic E-state index is 12.8. The molecule has 1 aromatic rings. The monoisotopic (exact) mass is 206 g/mol. The van der Waals surface area contributed by atoms with Crippen LogP contribution in [0.5, 0.6) is 5.75 Å². The lowest BCUT2D eigenvalue weighted by atomic mass is 10.2. The molecule has 0 aliphatic heterocycles. The summed E-state index contributed by atoms with van der Waals surface area (Å²) in [6, 6.07) is 2.71. The van der Waals surface area contributed by atoms with Gasteiger partial charge in [-0.1, -0.05) is 12.7 Å². The lowest BCUT2D eigenvalue weighted by Gasteiger charge is -2.09. The Kier molecular flexibility index (Phi) is 2.78. The van der Waals surface area contributed by atoms with Crippen LogP contribution < -0.4 is 4.74 Å². The van der Waals surface area contributed by atoms with E-state index in [1.54, 1.807) is 0 Å². The Morgan fingerprint density at radius 2 is 1.93 bits per heavy atom. The summed E-state index contributed by atoms with van der Waals surface area (Å²) in [4.78, 5) is 0. The molecule has 1 nitrogen and oxygen atoms in total. The van der Waals surface area contributed by atoms with Gasteiger partial charge in [-0.25, -0.2) is 4.39 Å². The SMILES string of the molecule is C=Cc1cc(OC(F)(F)F)ccc1F. The second-order valence-electron chi connectivity index (χ2n) is 2.44. The minimum Gasteiger partial charge on any atom is -0.406 e. The van der Waals surface area contributed by atoms with Crippen LogP contribution in [0, 0.1) is 5.82 Å². The molecule has 5 heteroatoms. The summed E-state index contributed by atoms with van der Waals surface area (Å²) in [6.45, 7) is 3.25. The second-order valence-corrected chi connectivity index (χ2v) is 2.44. The van der Waals surface area contributed by atoms with E-state index < -0.39 is 17.9 Å². The van der Waals surface area contributed by atoms with E-state index in [0.29, 0.717) is 0 Å². The van der Waals surface area contributed by atoms with Crippen LogP contribution in [0.4, 0.5) is 17.6 Å². The number of rotatable bonds is 2. The third-order valence-electron chi connectivity index (χ3n) is 1.42. The molecule has 1 aromatic carbocycles. The minimum atomic E-state index is -4.77. The molecule has 1 rings (SSSR count). The van der Waals surface area contributed by atoms with E-state index in [2.05, 4.69) is 11.3 Å². The van der Waals surface area contributed by atoms with E-state index in [-0.39, 0.29) is 5.56 Å². The summed E-state index contributed by atoms with van der Waals surface area (Å²) in [6.07, 6.45) is -3.66. The van der Waals surface area contributed by atoms with Crippen molar-refractivity contribution in [3.05, 3.63) is 36.2 Å². The Morgan fingerprint density at radius 3 is 2.43 bits per heavy atom. The molecule has 0 amide bonds. The van der Waals surface area contributed by atoms with E-state index >= 15 is 0 Å². The van der Waals surface area contributed by atoms with Crippen LogP contribution in [0.1, 0.15) is 5.56 Å². The van der Waals surface area contributed by atoms with Gasteiger partial charge in [0.05, 0.1) is 0 Å². The van der Waals surface area contributed by atoms with Crippen LogP contribution in [0.15, 0.2) is 24.8 Å². The van der Waals surface area contributed by atoms with Crippen molar-refractivity contribution in [1.82, 2.24) is 0 Å². The van der Waals surface area contributed by atoms with Crippen LogP contribution in [0.25, 0.3) is 6.08 Å². The van der Waals surface area contributed by atoms with Gasteiger partial charge in [-0.05, 0) is 18.2 Å². The minimum absolute atomic E-state index is 0.0354. The summed E-state index contributed by atoms with van der Waals surface area (Å²) in [7, 11) is 0. The first kappa shape index (κ1) is 10.6. The molecule has 0 unspecified atom stereocenters. The van der Waals surface area contributed by atoms with Gasteiger partial charge >= 0.3 is 6.36 Å². The van der Waals surface area contributed by atoms with Gasteiger partial charge in [0.25, 0.3) is 0 Å². The Hall–Kier alpha value is -1.52. The first-order valence-corrected chi connectivity index (χ1v) is 3.60. The van der Waals surface area contributed by atoms with E-state index in [1.807, 2.05) is 0 Å². The maximum absolute atomic E-state index is 12.8. The summed E-state index contributed by atoms with van der Waals surface area (Å²) >= 11 is 0. The highest BCUT2D eigenvalue weighted by molar-refractivity contribution is 5.50. The van der Waals surface area contributed by atoms with Gasteiger partial charge in [-0.3, -0.25) is 0 Å². The molecule has 0 aliphatic rings. The zero-order chi connectivity index (χ0) is 10.8. The van der Waals surface area contributed by atoms with E-state index in [9.17, 15) is 17.6 Å². The van der Waals surface area contributed by atoms with Crippen LogP contribution in [-0.4, -0.2) is 6.36 Å². The molecule has 76 valence electrons. The molecule has 0 heterocycles. The van der Waals surface area contributed by atoms with Crippen molar-refractivity contribution < 1.29 is 22.3 Å². The first-order valence-electron chi connectivity index (χ1n) is 3.60. The number of hydrogen-bond donors (Lipinski definition) is 0. The largest absolute Gasteiger partial charge is 0.573 e. The van der Waals surface area contributed by atoms with E-state index in [4.69, 9.17) is 0 Å². The fourth-order valence-electron chi connectivity index (χ4n) is 0.875. The van der Waals surface area contributed by atoms with Crippen LogP contribution in [-0.2, 0) is 0 Å².